The summed E-state index contributed by atoms with van der Waals surface area (Å²) in [4.78, 5) is 27.9. The third-order valence-corrected chi connectivity index (χ3v) is 6.46. The van der Waals surface area contributed by atoms with Gasteiger partial charge in [0.05, 0.1) is 4.47 Å². The first kappa shape index (κ1) is 26.9. The predicted octanol–water partition coefficient (Wildman–Crippen LogP) is 5.72. The van der Waals surface area contributed by atoms with Gasteiger partial charge in [0.1, 0.15) is 11.8 Å². The van der Waals surface area contributed by atoms with Crippen molar-refractivity contribution in [2.24, 2.45) is 0 Å². The Labute approximate surface area is 207 Å². The van der Waals surface area contributed by atoms with E-state index in [0.717, 1.165) is 16.5 Å². The summed E-state index contributed by atoms with van der Waals surface area (Å²) in [7, 11) is 0. The molecule has 0 spiro atoms. The van der Waals surface area contributed by atoms with Crippen molar-refractivity contribution in [3.63, 3.8) is 0 Å². The van der Waals surface area contributed by atoms with Gasteiger partial charge in [-0.1, -0.05) is 64.1 Å². The fourth-order valence-electron chi connectivity index (χ4n) is 3.55. The van der Waals surface area contributed by atoms with Crippen LogP contribution in [0.5, 0.6) is 5.75 Å². The van der Waals surface area contributed by atoms with Crippen molar-refractivity contribution in [2.75, 3.05) is 13.2 Å². The van der Waals surface area contributed by atoms with Crippen molar-refractivity contribution in [2.45, 2.75) is 71.9 Å². The summed E-state index contributed by atoms with van der Waals surface area (Å²) in [5.74, 6) is 0.709. The molecule has 0 aliphatic carbocycles. The first-order valence-electron chi connectivity index (χ1n) is 11.8. The molecule has 2 atom stereocenters. The zero-order valence-electron chi connectivity index (χ0n) is 20.4. The monoisotopic (exact) mass is 516 g/mol. The van der Waals surface area contributed by atoms with E-state index < -0.39 is 6.04 Å². The average Bonchev–Trinajstić information content (AvgIpc) is 2.80. The van der Waals surface area contributed by atoms with Crippen LogP contribution in [0.25, 0.3) is 0 Å². The molecule has 0 bridgehead atoms. The number of hydrogen-bond acceptors (Lipinski definition) is 3. The lowest BCUT2D eigenvalue weighted by Gasteiger charge is -2.31. The first-order valence-corrected chi connectivity index (χ1v) is 12.6. The molecule has 0 radical (unpaired) electrons. The normalized spacial score (nSPS) is 12.8. The molecule has 0 fully saturated rings. The zero-order valence-corrected chi connectivity index (χ0v) is 22.0. The van der Waals surface area contributed by atoms with Crippen LogP contribution in [0.4, 0.5) is 0 Å². The third-order valence-electron chi connectivity index (χ3n) is 5.84. The number of amides is 2. The molecule has 0 heterocycles. The lowest BCUT2D eigenvalue weighted by atomic mass is 10.0. The van der Waals surface area contributed by atoms with Gasteiger partial charge in [0, 0.05) is 12.6 Å². The topological polar surface area (TPSA) is 58.6 Å². The summed E-state index contributed by atoms with van der Waals surface area (Å²) in [6.45, 7) is 10.5. The number of rotatable bonds is 12. The smallest absolute Gasteiger partial charge is 0.261 e. The summed E-state index contributed by atoms with van der Waals surface area (Å²) in [5.41, 5.74) is 2.32. The highest BCUT2D eigenvalue weighted by atomic mass is 79.9. The van der Waals surface area contributed by atoms with Crippen LogP contribution in [0.1, 0.15) is 64.5 Å². The number of hydrogen-bond donors (Lipinski definition) is 1. The molecule has 1 N–H and O–H groups in total. The number of carbonyl (C=O) groups is 2. The molecule has 0 aromatic heterocycles. The fourth-order valence-corrected chi connectivity index (χ4v) is 4.06. The van der Waals surface area contributed by atoms with E-state index >= 15 is 0 Å². The number of nitrogens with zero attached hydrogens (tertiary/aromatic N) is 1. The van der Waals surface area contributed by atoms with Crippen molar-refractivity contribution in [1.29, 1.82) is 0 Å². The van der Waals surface area contributed by atoms with E-state index in [1.807, 2.05) is 69.3 Å². The van der Waals surface area contributed by atoms with Crippen LogP contribution in [0.2, 0.25) is 0 Å². The molecule has 6 heteroatoms. The Morgan fingerprint density at radius 1 is 1.03 bits per heavy atom. The van der Waals surface area contributed by atoms with Gasteiger partial charge in [0.2, 0.25) is 5.91 Å². The predicted molar refractivity (Wildman–Crippen MR) is 138 cm³/mol. The Bertz CT molecular complexity index is 901. The molecule has 0 aliphatic rings. The second-order valence-electron chi connectivity index (χ2n) is 8.70. The highest BCUT2D eigenvalue weighted by Crippen LogP contribution is 2.29. The van der Waals surface area contributed by atoms with E-state index in [9.17, 15) is 9.59 Å². The molecule has 180 valence electrons. The van der Waals surface area contributed by atoms with Crippen molar-refractivity contribution in [3.05, 3.63) is 64.1 Å². The maximum absolute atomic E-state index is 13.3. The molecule has 0 unspecified atom stereocenters. The average molecular weight is 518 g/mol. The molecule has 0 aliphatic heterocycles. The number of carbonyl (C=O) groups excluding carboxylic acids is 2. The lowest BCUT2D eigenvalue weighted by molar-refractivity contribution is -0.142. The molecular formula is C27H37BrN2O3. The SMILES string of the molecule is CC[C@@H](C)NC(=O)[C@@H](CC)N(CCc1ccccc1)C(=O)COc1ccc(C(C)C)cc1Br. The lowest BCUT2D eigenvalue weighted by Crippen LogP contribution is -2.52. The third kappa shape index (κ3) is 8.18. The van der Waals surface area contributed by atoms with Gasteiger partial charge >= 0.3 is 0 Å². The Morgan fingerprint density at radius 2 is 1.73 bits per heavy atom. The van der Waals surface area contributed by atoms with E-state index in [-0.39, 0.29) is 24.5 Å². The van der Waals surface area contributed by atoms with Crippen LogP contribution in [0, 0.1) is 0 Å². The van der Waals surface area contributed by atoms with Gasteiger partial charge in [0.25, 0.3) is 5.91 Å². The van der Waals surface area contributed by atoms with Gasteiger partial charge in [0.15, 0.2) is 6.61 Å². The van der Waals surface area contributed by atoms with Crippen LogP contribution >= 0.6 is 15.9 Å². The number of halogens is 1. The van der Waals surface area contributed by atoms with Crippen LogP contribution in [0.15, 0.2) is 53.0 Å². The Morgan fingerprint density at radius 3 is 2.30 bits per heavy atom. The molecule has 2 aromatic carbocycles. The summed E-state index contributed by atoms with van der Waals surface area (Å²) >= 11 is 3.55. The maximum Gasteiger partial charge on any atom is 0.261 e. The molecule has 2 aromatic rings. The second-order valence-corrected chi connectivity index (χ2v) is 9.55. The summed E-state index contributed by atoms with van der Waals surface area (Å²) in [6.07, 6.45) is 2.05. The number of ether oxygens (including phenoxy) is 1. The summed E-state index contributed by atoms with van der Waals surface area (Å²) in [5, 5.41) is 3.03. The Balaban J connectivity index is 2.16. The molecule has 0 saturated carbocycles. The first-order chi connectivity index (χ1) is 15.8. The number of benzene rings is 2. The van der Waals surface area contributed by atoms with E-state index in [1.54, 1.807) is 4.90 Å². The molecule has 33 heavy (non-hydrogen) atoms. The van der Waals surface area contributed by atoms with Crippen molar-refractivity contribution < 1.29 is 14.3 Å². The highest BCUT2D eigenvalue weighted by Gasteiger charge is 2.29. The largest absolute Gasteiger partial charge is 0.483 e. The quantitative estimate of drug-likeness (QED) is 0.392. The van der Waals surface area contributed by atoms with Crippen molar-refractivity contribution in [1.82, 2.24) is 10.2 Å². The van der Waals surface area contributed by atoms with E-state index in [1.165, 1.54) is 5.56 Å². The van der Waals surface area contributed by atoms with Gasteiger partial charge in [-0.15, -0.1) is 0 Å². The van der Waals surface area contributed by atoms with Crippen LogP contribution in [-0.4, -0.2) is 41.9 Å². The number of nitrogens with one attached hydrogen (secondary N) is 1. The maximum atomic E-state index is 13.3. The fraction of sp³-hybridized carbons (Fsp3) is 0.481. The van der Waals surface area contributed by atoms with Crippen molar-refractivity contribution in [3.8, 4) is 5.75 Å². The van der Waals surface area contributed by atoms with E-state index in [2.05, 4.69) is 35.1 Å². The minimum atomic E-state index is -0.537. The van der Waals surface area contributed by atoms with Crippen LogP contribution in [-0.2, 0) is 16.0 Å². The van der Waals surface area contributed by atoms with Gasteiger partial charge in [-0.05, 0) is 71.3 Å². The molecule has 5 nitrogen and oxygen atoms in total. The minimum Gasteiger partial charge on any atom is -0.483 e. The molecular weight excluding hydrogens is 480 g/mol. The van der Waals surface area contributed by atoms with Gasteiger partial charge < -0.3 is 15.0 Å². The Kier molecular flexibility index (Phi) is 10.9. The van der Waals surface area contributed by atoms with E-state index in [0.29, 0.717) is 31.1 Å². The molecule has 2 amide bonds. The van der Waals surface area contributed by atoms with Gasteiger partial charge in [-0.2, -0.15) is 0 Å². The highest BCUT2D eigenvalue weighted by molar-refractivity contribution is 9.10. The molecule has 2 rings (SSSR count). The summed E-state index contributed by atoms with van der Waals surface area (Å²) < 4.78 is 6.69. The minimum absolute atomic E-state index is 0.0595. The molecule has 0 saturated heterocycles. The standard InChI is InChI=1S/C27H37BrN2O3/c1-6-20(5)29-27(32)24(7-2)30(16-15-21-11-9-8-10-12-21)26(31)18-33-25-14-13-22(19(3)4)17-23(25)28/h8-14,17,19-20,24H,6-7,15-16,18H2,1-5H3,(H,29,32)/t20-,24-/m1/s1. The zero-order chi connectivity index (χ0) is 24.4. The summed E-state index contributed by atoms with van der Waals surface area (Å²) in [6, 6.07) is 15.4. The van der Waals surface area contributed by atoms with Gasteiger partial charge in [-0.25, -0.2) is 0 Å². The van der Waals surface area contributed by atoms with Crippen LogP contribution < -0.4 is 10.1 Å². The van der Waals surface area contributed by atoms with Gasteiger partial charge in [-0.3, -0.25) is 9.59 Å². The second kappa shape index (κ2) is 13.4. The van der Waals surface area contributed by atoms with Crippen molar-refractivity contribution >= 4 is 27.7 Å². The van der Waals surface area contributed by atoms with E-state index in [4.69, 9.17) is 4.74 Å². The van der Waals surface area contributed by atoms with Crippen LogP contribution in [0.3, 0.4) is 0 Å². The Hall–Kier alpha value is -2.34.